The molecule has 12 heteroatoms. The summed E-state index contributed by atoms with van der Waals surface area (Å²) in [6.07, 6.45) is 1.59. The van der Waals surface area contributed by atoms with Crippen molar-refractivity contribution in [2.24, 2.45) is 0 Å². The average Bonchev–Trinajstić information content (AvgIpc) is 2.50. The van der Waals surface area contributed by atoms with Crippen LogP contribution in [0.2, 0.25) is 65.0 Å². The van der Waals surface area contributed by atoms with Gasteiger partial charge in [-0.15, -0.1) is 0 Å². The van der Waals surface area contributed by atoms with Crippen LogP contribution in [0.25, 0.3) is 0 Å². The lowest BCUT2D eigenvalue weighted by Gasteiger charge is -2.41. The van der Waals surface area contributed by atoms with Gasteiger partial charge in [0.25, 0.3) is 0 Å². The van der Waals surface area contributed by atoms with Crippen molar-refractivity contribution in [1.82, 2.24) is 5.32 Å². The molecule has 0 aromatic carbocycles. The Balaban J connectivity index is 5.01. The molecular formula is C19H51NO6Si5. The molecule has 0 rings (SSSR count). The molecule has 0 spiro atoms. The second-order valence-corrected chi connectivity index (χ2v) is 29.4. The third-order valence-electron chi connectivity index (χ3n) is 3.95. The maximum Gasteiger partial charge on any atom is 0.515 e. The maximum absolute atomic E-state index is 6.75. The smallest absolute Gasteiger partial charge is 0.437 e. The normalized spacial score (nSPS) is 15.9. The number of hydrogen-bond donors (Lipinski definition) is 1. The quantitative estimate of drug-likeness (QED) is 0.197. The van der Waals surface area contributed by atoms with E-state index in [1.54, 1.807) is 0 Å². The standard InChI is InChI=1S/C19H51NO6Si5/c1-13-21-31(22-14-2,23-15-3)19-20-17-16-18-30(12,25-28(7,8)9)26-29(10,11)24-27(4,5)6/h20H,13-19H2,1-12H3. The first-order valence-electron chi connectivity index (χ1n) is 11.7. The molecule has 0 saturated carbocycles. The zero-order chi connectivity index (χ0) is 24.4. The first kappa shape index (κ1) is 31.8. The van der Waals surface area contributed by atoms with Crippen LogP contribution in [0.4, 0.5) is 0 Å². The van der Waals surface area contributed by atoms with Gasteiger partial charge in [0.2, 0.25) is 0 Å². The highest BCUT2D eigenvalue weighted by Gasteiger charge is 2.44. The SMILES string of the molecule is CCO[Si](CNCCC[Si](C)(O[Si](C)(C)C)O[Si](C)(C)O[Si](C)(C)C)(OCC)OCC. The number of hydrogen-bond acceptors (Lipinski definition) is 7. The van der Waals surface area contributed by atoms with Gasteiger partial charge in [-0.05, 0) is 98.7 Å². The molecule has 0 aliphatic rings. The van der Waals surface area contributed by atoms with E-state index in [0.29, 0.717) is 26.0 Å². The number of rotatable bonds is 18. The second-order valence-electron chi connectivity index (χ2n) is 10.3. The van der Waals surface area contributed by atoms with Crippen LogP contribution >= 0.6 is 0 Å². The van der Waals surface area contributed by atoms with E-state index in [1.807, 2.05) is 20.8 Å². The van der Waals surface area contributed by atoms with Crippen LogP contribution in [0.5, 0.6) is 0 Å². The van der Waals surface area contributed by atoms with Crippen LogP contribution in [-0.4, -0.2) is 75.1 Å². The molecular weight excluding hydrogens is 479 g/mol. The minimum absolute atomic E-state index is 0.591. The Labute approximate surface area is 198 Å². The van der Waals surface area contributed by atoms with E-state index in [0.717, 1.165) is 19.0 Å². The molecule has 31 heavy (non-hydrogen) atoms. The molecule has 188 valence electrons. The van der Waals surface area contributed by atoms with Gasteiger partial charge >= 0.3 is 25.9 Å². The lowest BCUT2D eigenvalue weighted by Crippen LogP contribution is -2.57. The lowest BCUT2D eigenvalue weighted by molar-refractivity contribution is 0.0702. The Bertz CT molecular complexity index is 484. The molecule has 0 amide bonds. The van der Waals surface area contributed by atoms with E-state index in [2.05, 4.69) is 64.2 Å². The van der Waals surface area contributed by atoms with E-state index < -0.39 is 42.6 Å². The first-order valence-corrected chi connectivity index (χ1v) is 25.8. The van der Waals surface area contributed by atoms with E-state index >= 15 is 0 Å². The lowest BCUT2D eigenvalue weighted by atomic mass is 10.5. The molecule has 1 N–H and O–H groups in total. The maximum atomic E-state index is 6.75. The van der Waals surface area contributed by atoms with Crippen molar-refractivity contribution in [3.63, 3.8) is 0 Å². The molecule has 0 heterocycles. The molecule has 7 nitrogen and oxygen atoms in total. The van der Waals surface area contributed by atoms with Gasteiger partial charge in [0.15, 0.2) is 16.6 Å². The van der Waals surface area contributed by atoms with E-state index in [-0.39, 0.29) is 0 Å². The van der Waals surface area contributed by atoms with E-state index in [9.17, 15) is 0 Å². The van der Waals surface area contributed by atoms with Crippen LogP contribution in [0.3, 0.4) is 0 Å². The molecule has 0 aromatic heterocycles. The number of nitrogens with one attached hydrogen (secondary N) is 1. The summed E-state index contributed by atoms with van der Waals surface area (Å²) in [5.41, 5.74) is 0. The predicted molar refractivity (Wildman–Crippen MR) is 142 cm³/mol. The predicted octanol–water partition coefficient (Wildman–Crippen LogP) is 5.05. The van der Waals surface area contributed by atoms with Crippen LogP contribution in [-0.2, 0) is 25.6 Å². The summed E-state index contributed by atoms with van der Waals surface area (Å²) in [6.45, 7) is 28.5. The molecule has 0 aliphatic carbocycles. The topological polar surface area (TPSA) is 67.4 Å². The molecule has 1 atom stereocenters. The Morgan fingerprint density at radius 2 is 1.06 bits per heavy atom. The van der Waals surface area contributed by atoms with Gasteiger partial charge in [0.05, 0.1) is 6.17 Å². The summed E-state index contributed by atoms with van der Waals surface area (Å²) in [6, 6.07) is 0.933. The summed E-state index contributed by atoms with van der Waals surface area (Å²) >= 11 is 0. The van der Waals surface area contributed by atoms with Crippen LogP contribution in [0.1, 0.15) is 27.2 Å². The van der Waals surface area contributed by atoms with Gasteiger partial charge in [-0.25, -0.2) is 0 Å². The first-order chi connectivity index (χ1) is 14.0. The highest BCUT2D eigenvalue weighted by Crippen LogP contribution is 2.27. The monoisotopic (exact) mass is 529 g/mol. The molecule has 0 radical (unpaired) electrons. The van der Waals surface area contributed by atoms with Gasteiger partial charge in [0.1, 0.15) is 0 Å². The van der Waals surface area contributed by atoms with Crippen molar-refractivity contribution < 1.29 is 25.6 Å². The zero-order valence-corrected chi connectivity index (χ0v) is 27.4. The summed E-state index contributed by atoms with van der Waals surface area (Å²) in [5, 5.41) is 3.51. The van der Waals surface area contributed by atoms with Gasteiger partial charge in [-0.3, -0.25) is 0 Å². The van der Waals surface area contributed by atoms with Crippen LogP contribution in [0.15, 0.2) is 0 Å². The van der Waals surface area contributed by atoms with Gasteiger partial charge in [-0.1, -0.05) is 0 Å². The van der Waals surface area contributed by atoms with E-state index in [4.69, 9.17) is 25.6 Å². The van der Waals surface area contributed by atoms with Crippen molar-refractivity contribution in [3.8, 4) is 0 Å². The van der Waals surface area contributed by atoms with Gasteiger partial charge < -0.3 is 30.9 Å². The molecule has 0 aliphatic heterocycles. The fourth-order valence-electron chi connectivity index (χ4n) is 3.76. The van der Waals surface area contributed by atoms with Crippen molar-refractivity contribution in [3.05, 3.63) is 0 Å². The summed E-state index contributed by atoms with van der Waals surface area (Å²) in [5.74, 6) is 0. The molecule has 0 bridgehead atoms. The molecule has 1 unspecified atom stereocenters. The fourth-order valence-corrected chi connectivity index (χ4v) is 24.1. The largest absolute Gasteiger partial charge is 0.515 e. The summed E-state index contributed by atoms with van der Waals surface area (Å²) < 4.78 is 37.7. The Hall–Kier alpha value is 0.804. The van der Waals surface area contributed by atoms with Crippen molar-refractivity contribution in [1.29, 1.82) is 0 Å². The molecule has 0 saturated heterocycles. The molecule has 0 aromatic rings. The van der Waals surface area contributed by atoms with Crippen molar-refractivity contribution in [2.45, 2.75) is 92.2 Å². The zero-order valence-electron chi connectivity index (χ0n) is 22.4. The third-order valence-corrected chi connectivity index (χ3v) is 20.4. The summed E-state index contributed by atoms with van der Waals surface area (Å²) in [7, 11) is -10.7. The highest BCUT2D eigenvalue weighted by atomic mass is 28.5. The average molecular weight is 530 g/mol. The Morgan fingerprint density at radius 3 is 1.45 bits per heavy atom. The van der Waals surface area contributed by atoms with Gasteiger partial charge in [-0.2, -0.15) is 0 Å². The highest BCUT2D eigenvalue weighted by molar-refractivity contribution is 6.89. The van der Waals surface area contributed by atoms with Crippen molar-refractivity contribution >= 4 is 42.6 Å². The Kier molecular flexibility index (Phi) is 14.0. The van der Waals surface area contributed by atoms with Gasteiger partial charge in [0, 0.05) is 19.8 Å². The second kappa shape index (κ2) is 13.6. The summed E-state index contributed by atoms with van der Waals surface area (Å²) in [4.78, 5) is 0. The van der Waals surface area contributed by atoms with Crippen LogP contribution in [0, 0.1) is 0 Å². The van der Waals surface area contributed by atoms with Crippen LogP contribution < -0.4 is 5.32 Å². The Morgan fingerprint density at radius 1 is 0.613 bits per heavy atom. The minimum atomic E-state index is -2.66. The minimum Gasteiger partial charge on any atom is -0.437 e. The van der Waals surface area contributed by atoms with E-state index in [1.165, 1.54) is 0 Å². The third kappa shape index (κ3) is 15.4. The van der Waals surface area contributed by atoms with Crippen molar-refractivity contribution in [2.75, 3.05) is 32.5 Å². The fraction of sp³-hybridized carbons (Fsp3) is 1.00. The molecule has 0 fully saturated rings.